The Hall–Kier alpha value is -1.02. The highest BCUT2D eigenvalue weighted by Gasteiger charge is 2.40. The highest BCUT2D eigenvalue weighted by atomic mass is 16.5. The van der Waals surface area contributed by atoms with Gasteiger partial charge in [-0.25, -0.2) is 0 Å². The van der Waals surface area contributed by atoms with Crippen LogP contribution in [0.4, 0.5) is 0 Å². The average Bonchev–Trinajstić information content (AvgIpc) is 2.19. The van der Waals surface area contributed by atoms with E-state index < -0.39 is 0 Å². The number of rotatable bonds is 4. The molecule has 1 saturated carbocycles. The van der Waals surface area contributed by atoms with Crippen molar-refractivity contribution in [3.05, 3.63) is 29.8 Å². The van der Waals surface area contributed by atoms with Gasteiger partial charge in [-0.1, -0.05) is 24.6 Å². The van der Waals surface area contributed by atoms with Gasteiger partial charge in [0, 0.05) is 11.0 Å². The molecule has 1 aromatic rings. The first kappa shape index (κ1) is 11.5. The van der Waals surface area contributed by atoms with Crippen molar-refractivity contribution in [3.8, 4) is 5.75 Å². The molecule has 16 heavy (non-hydrogen) atoms. The molecule has 2 heteroatoms. The molecule has 0 heterocycles. The number of aliphatic hydroxyl groups excluding tert-OH is 1. The molecule has 88 valence electrons. The summed E-state index contributed by atoms with van der Waals surface area (Å²) in [6.45, 7) is 4.29. The topological polar surface area (TPSA) is 29.5 Å². The molecule has 2 rings (SSSR count). The molecule has 1 N–H and O–H groups in total. The molecule has 0 atom stereocenters. The summed E-state index contributed by atoms with van der Waals surface area (Å²) < 4.78 is 5.82. The summed E-state index contributed by atoms with van der Waals surface area (Å²) in [5, 5.41) is 9.59. The zero-order valence-corrected chi connectivity index (χ0v) is 10.1. The van der Waals surface area contributed by atoms with Crippen LogP contribution in [-0.2, 0) is 5.41 Å². The molecule has 0 unspecified atom stereocenters. The van der Waals surface area contributed by atoms with Gasteiger partial charge in [0.1, 0.15) is 5.75 Å². The lowest BCUT2D eigenvalue weighted by Crippen LogP contribution is -2.38. The fourth-order valence-corrected chi connectivity index (χ4v) is 2.38. The van der Waals surface area contributed by atoms with E-state index in [2.05, 4.69) is 6.07 Å². The van der Waals surface area contributed by atoms with E-state index in [9.17, 15) is 5.11 Å². The largest absolute Gasteiger partial charge is 0.491 e. The van der Waals surface area contributed by atoms with Gasteiger partial charge in [0.25, 0.3) is 0 Å². The first-order chi connectivity index (χ1) is 7.68. The van der Waals surface area contributed by atoms with E-state index in [1.807, 2.05) is 32.0 Å². The van der Waals surface area contributed by atoms with Crippen LogP contribution in [0.15, 0.2) is 24.3 Å². The van der Waals surface area contributed by atoms with Gasteiger partial charge in [-0.05, 0) is 32.8 Å². The highest BCUT2D eigenvalue weighted by molar-refractivity contribution is 5.41. The van der Waals surface area contributed by atoms with Crippen LogP contribution in [0.2, 0.25) is 0 Å². The Morgan fingerprint density at radius 2 is 2.00 bits per heavy atom. The van der Waals surface area contributed by atoms with Gasteiger partial charge >= 0.3 is 0 Å². The smallest absolute Gasteiger partial charge is 0.123 e. The van der Waals surface area contributed by atoms with Crippen LogP contribution in [0.5, 0.6) is 5.75 Å². The zero-order valence-electron chi connectivity index (χ0n) is 10.1. The quantitative estimate of drug-likeness (QED) is 0.845. The zero-order chi connectivity index (χ0) is 11.6. The van der Waals surface area contributed by atoms with Gasteiger partial charge in [-0.2, -0.15) is 0 Å². The molecule has 1 fully saturated rings. The number of benzene rings is 1. The third-order valence-corrected chi connectivity index (χ3v) is 3.43. The first-order valence-corrected chi connectivity index (χ1v) is 6.05. The Bertz CT molecular complexity index is 348. The second-order valence-corrected chi connectivity index (χ2v) is 4.95. The Balaban J connectivity index is 2.32. The van der Waals surface area contributed by atoms with E-state index in [0.717, 1.165) is 18.6 Å². The summed E-state index contributed by atoms with van der Waals surface area (Å²) in [7, 11) is 0. The third-order valence-electron chi connectivity index (χ3n) is 3.43. The van der Waals surface area contributed by atoms with Crippen LogP contribution in [0.3, 0.4) is 0 Å². The minimum absolute atomic E-state index is 0.0362. The van der Waals surface area contributed by atoms with Gasteiger partial charge < -0.3 is 9.84 Å². The molecular formula is C14H20O2. The van der Waals surface area contributed by atoms with Gasteiger partial charge in [0.15, 0.2) is 0 Å². The summed E-state index contributed by atoms with van der Waals surface area (Å²) in [6.07, 6.45) is 3.53. The van der Waals surface area contributed by atoms with E-state index in [1.54, 1.807) is 0 Å². The predicted molar refractivity (Wildman–Crippen MR) is 64.8 cm³/mol. The van der Waals surface area contributed by atoms with Crippen LogP contribution >= 0.6 is 0 Å². The van der Waals surface area contributed by atoms with Crippen molar-refractivity contribution in [2.45, 2.75) is 44.6 Å². The second-order valence-electron chi connectivity index (χ2n) is 4.95. The van der Waals surface area contributed by atoms with Crippen LogP contribution in [0.1, 0.15) is 38.7 Å². The van der Waals surface area contributed by atoms with E-state index in [4.69, 9.17) is 4.74 Å². The van der Waals surface area contributed by atoms with Gasteiger partial charge in [0.05, 0.1) is 12.7 Å². The molecule has 0 aromatic heterocycles. The fraction of sp³-hybridized carbons (Fsp3) is 0.571. The molecule has 1 aliphatic rings. The van der Waals surface area contributed by atoms with E-state index in [-0.39, 0.29) is 18.1 Å². The predicted octanol–water partition coefficient (Wildman–Crippen LogP) is 2.89. The fourth-order valence-electron chi connectivity index (χ4n) is 2.38. The van der Waals surface area contributed by atoms with Crippen molar-refractivity contribution in [2.24, 2.45) is 0 Å². The minimum atomic E-state index is -0.0362. The average molecular weight is 220 g/mol. The van der Waals surface area contributed by atoms with Crippen molar-refractivity contribution < 1.29 is 9.84 Å². The standard InChI is InChI=1S/C14H20O2/c1-11(2)16-13-7-4-3-6-12(13)14(10-15)8-5-9-14/h3-4,6-7,11,15H,5,8-10H2,1-2H3. The summed E-state index contributed by atoms with van der Waals surface area (Å²) in [5.74, 6) is 0.936. The molecule has 0 bridgehead atoms. The maximum atomic E-state index is 9.59. The van der Waals surface area contributed by atoms with Gasteiger partial charge in [0.2, 0.25) is 0 Å². The van der Waals surface area contributed by atoms with Crippen molar-refractivity contribution in [2.75, 3.05) is 6.61 Å². The Kier molecular flexibility index (Phi) is 3.20. The first-order valence-electron chi connectivity index (χ1n) is 6.05. The minimum Gasteiger partial charge on any atom is -0.491 e. The molecule has 1 aromatic carbocycles. The number of hydrogen-bond acceptors (Lipinski definition) is 2. The summed E-state index contributed by atoms with van der Waals surface area (Å²) in [6, 6.07) is 8.11. The van der Waals surface area contributed by atoms with Crippen LogP contribution in [-0.4, -0.2) is 17.8 Å². The Morgan fingerprint density at radius 3 is 2.50 bits per heavy atom. The molecule has 0 spiro atoms. The van der Waals surface area contributed by atoms with Crippen LogP contribution in [0, 0.1) is 0 Å². The molecule has 0 saturated heterocycles. The maximum Gasteiger partial charge on any atom is 0.123 e. The number of hydrogen-bond donors (Lipinski definition) is 1. The highest BCUT2D eigenvalue weighted by Crippen LogP contribution is 2.46. The van der Waals surface area contributed by atoms with Gasteiger partial charge in [-0.3, -0.25) is 0 Å². The van der Waals surface area contributed by atoms with Crippen molar-refractivity contribution in [1.29, 1.82) is 0 Å². The van der Waals surface area contributed by atoms with E-state index in [1.165, 1.54) is 12.0 Å². The number of para-hydroxylation sites is 1. The molecule has 1 aliphatic carbocycles. The van der Waals surface area contributed by atoms with Crippen molar-refractivity contribution in [1.82, 2.24) is 0 Å². The molecule has 0 radical (unpaired) electrons. The SMILES string of the molecule is CC(C)Oc1ccccc1C1(CO)CCC1. The lowest BCUT2D eigenvalue weighted by Gasteiger charge is -2.41. The van der Waals surface area contributed by atoms with E-state index >= 15 is 0 Å². The molecule has 0 aliphatic heterocycles. The van der Waals surface area contributed by atoms with Crippen molar-refractivity contribution in [3.63, 3.8) is 0 Å². The van der Waals surface area contributed by atoms with E-state index in [0.29, 0.717) is 0 Å². The normalized spacial score (nSPS) is 18.2. The monoisotopic (exact) mass is 220 g/mol. The molecule has 0 amide bonds. The molecule has 2 nitrogen and oxygen atoms in total. The lowest BCUT2D eigenvalue weighted by atomic mass is 9.65. The molecular weight excluding hydrogens is 200 g/mol. The summed E-state index contributed by atoms with van der Waals surface area (Å²) in [4.78, 5) is 0. The lowest BCUT2D eigenvalue weighted by molar-refractivity contribution is 0.114. The second kappa shape index (κ2) is 4.46. The van der Waals surface area contributed by atoms with Crippen LogP contribution < -0.4 is 4.74 Å². The number of aliphatic hydroxyl groups is 1. The van der Waals surface area contributed by atoms with Gasteiger partial charge in [-0.15, -0.1) is 0 Å². The third kappa shape index (κ3) is 1.94. The van der Waals surface area contributed by atoms with Crippen molar-refractivity contribution >= 4 is 0 Å². The summed E-state index contributed by atoms with van der Waals surface area (Å²) in [5.41, 5.74) is 1.14. The summed E-state index contributed by atoms with van der Waals surface area (Å²) >= 11 is 0. The Morgan fingerprint density at radius 1 is 1.31 bits per heavy atom. The van der Waals surface area contributed by atoms with Crippen LogP contribution in [0.25, 0.3) is 0 Å². The maximum absolute atomic E-state index is 9.59. The Labute approximate surface area is 97.3 Å². The number of ether oxygens (including phenoxy) is 1.